The molecule has 0 saturated heterocycles. The molecule has 0 bridgehead atoms. The molecular weight excluding hydrogens is 308 g/mol. The first-order valence-corrected chi connectivity index (χ1v) is 7.68. The number of carbonyl (C=O) groups is 1. The van der Waals surface area contributed by atoms with Gasteiger partial charge in [0.1, 0.15) is 0 Å². The molecule has 2 aliphatic rings. The molecule has 1 aromatic rings. The van der Waals surface area contributed by atoms with Crippen LogP contribution in [0.3, 0.4) is 0 Å². The van der Waals surface area contributed by atoms with Crippen LogP contribution in [0.1, 0.15) is 42.5 Å². The Morgan fingerprint density at radius 3 is 2.37 bits per heavy atom. The molecule has 3 rings (SSSR count). The van der Waals surface area contributed by atoms with E-state index in [0.717, 1.165) is 35.0 Å². The first-order chi connectivity index (χ1) is 9.25. The smallest absolute Gasteiger partial charge is 0.167 e. The molecule has 0 unspecified atom stereocenters. The Morgan fingerprint density at radius 2 is 1.68 bits per heavy atom. The fourth-order valence-electron chi connectivity index (χ4n) is 2.78. The predicted molar refractivity (Wildman–Crippen MR) is 76.0 cm³/mol. The number of ether oxygens (including phenoxy) is 2. The van der Waals surface area contributed by atoms with Crippen LogP contribution < -0.4 is 9.47 Å². The topological polar surface area (TPSA) is 35.5 Å². The summed E-state index contributed by atoms with van der Waals surface area (Å²) in [6.07, 6.45) is 5.23. The highest BCUT2D eigenvalue weighted by Gasteiger charge is 2.26. The van der Waals surface area contributed by atoms with E-state index in [2.05, 4.69) is 15.9 Å². The number of fused-ring (bicyclic) bond motifs is 1. The highest BCUT2D eigenvalue weighted by molar-refractivity contribution is 9.10. The van der Waals surface area contributed by atoms with Gasteiger partial charge in [-0.05, 0) is 40.9 Å². The van der Waals surface area contributed by atoms with Crippen molar-refractivity contribution < 1.29 is 14.3 Å². The molecule has 0 radical (unpaired) electrons. The minimum Gasteiger partial charge on any atom is -0.490 e. The molecule has 1 saturated carbocycles. The van der Waals surface area contributed by atoms with Gasteiger partial charge in [-0.2, -0.15) is 0 Å². The third-order valence-electron chi connectivity index (χ3n) is 3.83. The van der Waals surface area contributed by atoms with E-state index in [0.29, 0.717) is 19.0 Å². The number of carbonyl (C=O) groups excluding carboxylic acids is 1. The Kier molecular flexibility index (Phi) is 3.78. The van der Waals surface area contributed by atoms with Gasteiger partial charge >= 0.3 is 0 Å². The van der Waals surface area contributed by atoms with Crippen molar-refractivity contribution in [3.05, 3.63) is 22.2 Å². The zero-order valence-corrected chi connectivity index (χ0v) is 12.4. The Hall–Kier alpha value is -1.03. The van der Waals surface area contributed by atoms with Gasteiger partial charge in [-0.1, -0.05) is 12.8 Å². The summed E-state index contributed by atoms with van der Waals surface area (Å²) in [5, 5.41) is 0. The first kappa shape index (κ1) is 13.0. The van der Waals surface area contributed by atoms with Crippen molar-refractivity contribution in [1.29, 1.82) is 0 Å². The Morgan fingerprint density at radius 1 is 1.05 bits per heavy atom. The van der Waals surface area contributed by atoms with Crippen molar-refractivity contribution in [1.82, 2.24) is 0 Å². The Labute approximate surface area is 121 Å². The number of hydrogen-bond acceptors (Lipinski definition) is 3. The number of Topliss-reactive ketones (excluding diaryl/α,β-unsaturated/α-hetero) is 1. The van der Waals surface area contributed by atoms with Crippen molar-refractivity contribution in [3.63, 3.8) is 0 Å². The van der Waals surface area contributed by atoms with E-state index in [-0.39, 0.29) is 11.7 Å². The summed E-state index contributed by atoms with van der Waals surface area (Å²) in [7, 11) is 0. The summed E-state index contributed by atoms with van der Waals surface area (Å²) in [5.41, 5.74) is 0.733. The summed E-state index contributed by atoms with van der Waals surface area (Å²) in [4.78, 5) is 12.5. The summed E-state index contributed by atoms with van der Waals surface area (Å²) in [5.74, 6) is 1.84. The van der Waals surface area contributed by atoms with Crippen molar-refractivity contribution in [2.45, 2.75) is 32.1 Å². The zero-order chi connectivity index (χ0) is 13.2. The van der Waals surface area contributed by atoms with Crippen LogP contribution in [-0.4, -0.2) is 19.0 Å². The van der Waals surface area contributed by atoms with E-state index in [1.807, 2.05) is 12.1 Å². The van der Waals surface area contributed by atoms with Crippen LogP contribution in [0.25, 0.3) is 0 Å². The van der Waals surface area contributed by atoms with Gasteiger partial charge in [0, 0.05) is 22.4 Å². The van der Waals surface area contributed by atoms with Crippen LogP contribution in [0.5, 0.6) is 11.5 Å². The molecule has 0 amide bonds. The first-order valence-electron chi connectivity index (χ1n) is 6.89. The van der Waals surface area contributed by atoms with Gasteiger partial charge in [0.05, 0.1) is 13.2 Å². The van der Waals surface area contributed by atoms with E-state index in [1.54, 1.807) is 0 Å². The SMILES string of the molecule is O=C(c1cc2c(cc1Br)OCCCO2)C1CCCC1. The van der Waals surface area contributed by atoms with Crippen molar-refractivity contribution in [2.24, 2.45) is 5.92 Å². The van der Waals surface area contributed by atoms with E-state index >= 15 is 0 Å². The summed E-state index contributed by atoms with van der Waals surface area (Å²) in [6.45, 7) is 1.31. The van der Waals surface area contributed by atoms with Crippen LogP contribution in [0.15, 0.2) is 16.6 Å². The lowest BCUT2D eigenvalue weighted by Gasteiger charge is -2.13. The second-order valence-corrected chi connectivity index (χ2v) is 6.03. The molecule has 4 heteroatoms. The van der Waals surface area contributed by atoms with E-state index in [1.165, 1.54) is 12.8 Å². The average Bonchev–Trinajstić information content (AvgIpc) is 2.84. The normalized spacial score (nSPS) is 19.2. The van der Waals surface area contributed by atoms with Crippen LogP contribution in [0.2, 0.25) is 0 Å². The number of rotatable bonds is 2. The molecule has 19 heavy (non-hydrogen) atoms. The van der Waals surface area contributed by atoms with Gasteiger partial charge in [-0.3, -0.25) is 4.79 Å². The van der Waals surface area contributed by atoms with Gasteiger partial charge in [0.25, 0.3) is 0 Å². The van der Waals surface area contributed by atoms with Crippen LogP contribution in [0, 0.1) is 5.92 Å². The molecule has 0 atom stereocenters. The third-order valence-corrected chi connectivity index (χ3v) is 4.48. The van der Waals surface area contributed by atoms with Gasteiger partial charge in [0.15, 0.2) is 17.3 Å². The molecule has 1 aromatic carbocycles. The summed E-state index contributed by atoms with van der Waals surface area (Å²) >= 11 is 3.49. The fraction of sp³-hybridized carbons (Fsp3) is 0.533. The lowest BCUT2D eigenvalue weighted by Crippen LogP contribution is -2.12. The van der Waals surface area contributed by atoms with Crippen LogP contribution in [0.4, 0.5) is 0 Å². The Bertz CT molecular complexity index is 492. The average molecular weight is 325 g/mol. The van der Waals surface area contributed by atoms with E-state index in [4.69, 9.17) is 9.47 Å². The molecule has 3 nitrogen and oxygen atoms in total. The highest BCUT2D eigenvalue weighted by atomic mass is 79.9. The minimum atomic E-state index is 0.182. The molecule has 1 heterocycles. The molecule has 1 aliphatic carbocycles. The molecule has 0 N–H and O–H groups in total. The quantitative estimate of drug-likeness (QED) is 0.772. The molecular formula is C15H17BrO3. The summed E-state index contributed by atoms with van der Waals surface area (Å²) in [6, 6.07) is 3.70. The second-order valence-electron chi connectivity index (χ2n) is 5.17. The van der Waals surface area contributed by atoms with Gasteiger partial charge in [-0.15, -0.1) is 0 Å². The van der Waals surface area contributed by atoms with Crippen molar-refractivity contribution in [2.75, 3.05) is 13.2 Å². The van der Waals surface area contributed by atoms with Gasteiger partial charge < -0.3 is 9.47 Å². The fourth-order valence-corrected chi connectivity index (χ4v) is 3.30. The largest absolute Gasteiger partial charge is 0.490 e. The maximum atomic E-state index is 12.5. The number of benzene rings is 1. The minimum absolute atomic E-state index is 0.182. The van der Waals surface area contributed by atoms with Crippen molar-refractivity contribution in [3.8, 4) is 11.5 Å². The standard InChI is InChI=1S/C15H17BrO3/c16-12-9-14-13(18-6-3-7-19-14)8-11(12)15(17)10-4-1-2-5-10/h8-10H,1-7H2. The maximum Gasteiger partial charge on any atom is 0.167 e. The number of halogens is 1. The molecule has 0 spiro atoms. The monoisotopic (exact) mass is 324 g/mol. The molecule has 1 aliphatic heterocycles. The predicted octanol–water partition coefficient (Wildman–Crippen LogP) is 3.98. The summed E-state index contributed by atoms with van der Waals surface area (Å²) < 4.78 is 12.1. The van der Waals surface area contributed by atoms with Gasteiger partial charge in [-0.25, -0.2) is 0 Å². The van der Waals surface area contributed by atoms with Crippen LogP contribution >= 0.6 is 15.9 Å². The lowest BCUT2D eigenvalue weighted by molar-refractivity contribution is 0.0921. The second kappa shape index (κ2) is 5.53. The van der Waals surface area contributed by atoms with E-state index in [9.17, 15) is 4.79 Å². The molecule has 1 fully saturated rings. The van der Waals surface area contributed by atoms with Crippen LogP contribution in [-0.2, 0) is 0 Å². The van der Waals surface area contributed by atoms with Gasteiger partial charge in [0.2, 0.25) is 0 Å². The zero-order valence-electron chi connectivity index (χ0n) is 10.8. The highest BCUT2D eigenvalue weighted by Crippen LogP contribution is 2.38. The Balaban J connectivity index is 1.92. The maximum absolute atomic E-state index is 12.5. The van der Waals surface area contributed by atoms with E-state index < -0.39 is 0 Å². The van der Waals surface area contributed by atoms with Crippen molar-refractivity contribution >= 4 is 21.7 Å². The third kappa shape index (κ3) is 2.64. The molecule has 102 valence electrons. The number of ketones is 1. The lowest BCUT2D eigenvalue weighted by atomic mass is 9.96. The number of hydrogen-bond donors (Lipinski definition) is 0. The molecule has 0 aromatic heterocycles.